The van der Waals surface area contributed by atoms with Crippen molar-refractivity contribution in [1.29, 1.82) is 0 Å². The third-order valence-corrected chi connectivity index (χ3v) is 7.52. The Morgan fingerprint density at radius 3 is 2.48 bits per heavy atom. The van der Waals surface area contributed by atoms with E-state index in [2.05, 4.69) is 34.1 Å². The number of rotatable bonds is 15. The van der Waals surface area contributed by atoms with Gasteiger partial charge in [-0.15, -0.1) is 0 Å². The van der Waals surface area contributed by atoms with Gasteiger partial charge >= 0.3 is 0 Å². The first-order valence-corrected chi connectivity index (χ1v) is 14.5. The van der Waals surface area contributed by atoms with Crippen molar-refractivity contribution in [2.75, 3.05) is 6.61 Å². The maximum absolute atomic E-state index is 13.5. The van der Waals surface area contributed by atoms with Gasteiger partial charge in [-0.2, -0.15) is 5.10 Å². The molecule has 1 N–H and O–H groups in total. The molecule has 0 radical (unpaired) electrons. The lowest BCUT2D eigenvalue weighted by molar-refractivity contribution is -0.119. The van der Waals surface area contributed by atoms with Crippen LogP contribution in [0.3, 0.4) is 0 Å². The predicted octanol–water partition coefficient (Wildman–Crippen LogP) is 6.16. The SMILES string of the molecule is O=C(CCc1ccc(Cn2cccn2)cc1OCCCCCCc1ccccc1)NS(=O)c1ccc(F)c(F)c1. The summed E-state index contributed by atoms with van der Waals surface area (Å²) in [5, 5.41) is 4.26. The van der Waals surface area contributed by atoms with Crippen LogP contribution in [0, 0.1) is 11.6 Å². The van der Waals surface area contributed by atoms with Gasteiger partial charge in [-0.05, 0) is 72.7 Å². The van der Waals surface area contributed by atoms with Crippen LogP contribution in [-0.2, 0) is 35.2 Å². The van der Waals surface area contributed by atoms with Crippen molar-refractivity contribution in [3.05, 3.63) is 114 Å². The number of ether oxygens (including phenoxy) is 1. The van der Waals surface area contributed by atoms with Gasteiger partial charge < -0.3 is 4.74 Å². The van der Waals surface area contributed by atoms with Crippen molar-refractivity contribution in [3.63, 3.8) is 0 Å². The second-order valence-corrected chi connectivity index (χ2v) is 10.7. The molecule has 0 aliphatic carbocycles. The zero-order valence-electron chi connectivity index (χ0n) is 22.2. The van der Waals surface area contributed by atoms with Gasteiger partial charge in [0.05, 0.1) is 18.0 Å². The summed E-state index contributed by atoms with van der Waals surface area (Å²) in [6, 6.07) is 21.1. The highest BCUT2D eigenvalue weighted by Gasteiger charge is 2.14. The Morgan fingerprint density at radius 1 is 0.875 bits per heavy atom. The van der Waals surface area contributed by atoms with Gasteiger partial charge in [-0.3, -0.25) is 14.2 Å². The molecule has 6 nitrogen and oxygen atoms in total. The van der Waals surface area contributed by atoms with E-state index in [0.717, 1.165) is 55.4 Å². The average Bonchev–Trinajstić information content (AvgIpc) is 3.47. The molecule has 40 heavy (non-hydrogen) atoms. The molecule has 1 atom stereocenters. The normalized spacial score (nSPS) is 11.8. The second kappa shape index (κ2) is 15.1. The van der Waals surface area contributed by atoms with Gasteiger partial charge in [0.15, 0.2) is 22.6 Å². The molecular formula is C31H33F2N3O3S. The van der Waals surface area contributed by atoms with Crippen molar-refractivity contribution in [2.24, 2.45) is 0 Å². The maximum atomic E-state index is 13.5. The zero-order valence-corrected chi connectivity index (χ0v) is 23.0. The largest absolute Gasteiger partial charge is 0.493 e. The first kappa shape index (κ1) is 29.1. The van der Waals surface area contributed by atoms with E-state index < -0.39 is 28.5 Å². The molecule has 0 spiro atoms. The van der Waals surface area contributed by atoms with Gasteiger partial charge in [-0.1, -0.05) is 55.3 Å². The van der Waals surface area contributed by atoms with Gasteiger partial charge in [0.2, 0.25) is 5.91 Å². The van der Waals surface area contributed by atoms with E-state index in [4.69, 9.17) is 4.74 Å². The van der Waals surface area contributed by atoms with E-state index in [1.54, 1.807) is 6.20 Å². The van der Waals surface area contributed by atoms with Crippen molar-refractivity contribution < 1.29 is 22.5 Å². The predicted molar refractivity (Wildman–Crippen MR) is 151 cm³/mol. The summed E-state index contributed by atoms with van der Waals surface area (Å²) in [5.74, 6) is -1.91. The molecule has 4 aromatic rings. The molecule has 1 amide bonds. The number of unbranched alkanes of at least 4 members (excludes halogenated alkanes) is 3. The average molecular weight is 566 g/mol. The highest BCUT2D eigenvalue weighted by Crippen LogP contribution is 2.24. The fourth-order valence-corrected chi connectivity index (χ4v) is 5.11. The molecule has 0 aliphatic heterocycles. The minimum Gasteiger partial charge on any atom is -0.493 e. The molecule has 210 valence electrons. The molecule has 0 saturated carbocycles. The Kier molecular flexibility index (Phi) is 11.0. The number of benzene rings is 3. The van der Waals surface area contributed by atoms with Crippen LogP contribution >= 0.6 is 0 Å². The summed E-state index contributed by atoms with van der Waals surface area (Å²) in [6.07, 6.45) is 9.37. The maximum Gasteiger partial charge on any atom is 0.232 e. The third-order valence-electron chi connectivity index (χ3n) is 6.43. The first-order valence-electron chi connectivity index (χ1n) is 13.4. The highest BCUT2D eigenvalue weighted by atomic mass is 32.2. The lowest BCUT2D eigenvalue weighted by Gasteiger charge is -2.14. The lowest BCUT2D eigenvalue weighted by atomic mass is 10.1. The minimum absolute atomic E-state index is 0.0111. The van der Waals surface area contributed by atoms with Crippen molar-refractivity contribution in [3.8, 4) is 5.75 Å². The van der Waals surface area contributed by atoms with Crippen LogP contribution in [0.5, 0.6) is 5.75 Å². The molecule has 0 aliphatic rings. The molecular weight excluding hydrogens is 532 g/mol. The van der Waals surface area contributed by atoms with Crippen molar-refractivity contribution >= 4 is 16.9 Å². The number of amides is 1. The smallest absolute Gasteiger partial charge is 0.232 e. The van der Waals surface area contributed by atoms with E-state index in [1.807, 2.05) is 41.2 Å². The topological polar surface area (TPSA) is 73.2 Å². The Balaban J connectivity index is 1.29. The number of carbonyl (C=O) groups excluding carboxylic acids is 1. The van der Waals surface area contributed by atoms with Crippen LogP contribution in [0.4, 0.5) is 8.78 Å². The standard InChI is InChI=1S/C31H33F2N3O3S/c32-28-16-15-27(22-29(28)33)40(38)35-31(37)17-14-26-13-12-25(23-36-19-8-18-34-36)21-30(26)39-20-7-2-1-4-9-24-10-5-3-6-11-24/h3,5-6,8,10-13,15-16,18-19,21-22H,1-2,4,7,9,14,17,20,23H2,(H,35,37). The quantitative estimate of drug-likeness (QED) is 0.175. The Hall–Kier alpha value is -3.85. The minimum atomic E-state index is -1.99. The fourth-order valence-electron chi connectivity index (χ4n) is 4.28. The van der Waals surface area contributed by atoms with Crippen LogP contribution in [0.2, 0.25) is 0 Å². The third kappa shape index (κ3) is 9.12. The summed E-state index contributed by atoms with van der Waals surface area (Å²) in [6.45, 7) is 1.16. The van der Waals surface area contributed by atoms with Gasteiger partial charge in [-0.25, -0.2) is 13.0 Å². The number of nitrogens with one attached hydrogen (secondary N) is 1. The van der Waals surface area contributed by atoms with Gasteiger partial charge in [0, 0.05) is 18.8 Å². The van der Waals surface area contributed by atoms with Crippen LogP contribution < -0.4 is 9.46 Å². The lowest BCUT2D eigenvalue weighted by Crippen LogP contribution is -2.26. The first-order chi connectivity index (χ1) is 19.5. The van der Waals surface area contributed by atoms with Crippen LogP contribution in [0.1, 0.15) is 48.8 Å². The molecule has 3 aromatic carbocycles. The molecule has 1 aromatic heterocycles. The van der Waals surface area contributed by atoms with Crippen LogP contribution in [0.25, 0.3) is 0 Å². The van der Waals surface area contributed by atoms with Crippen LogP contribution in [-0.4, -0.2) is 26.5 Å². The molecule has 1 heterocycles. The number of hydrogen-bond acceptors (Lipinski definition) is 4. The van der Waals surface area contributed by atoms with Crippen molar-refractivity contribution in [2.45, 2.75) is 56.4 Å². The summed E-state index contributed by atoms with van der Waals surface area (Å²) in [5.41, 5.74) is 3.24. The number of aromatic nitrogens is 2. The van der Waals surface area contributed by atoms with E-state index in [9.17, 15) is 17.8 Å². The summed E-state index contributed by atoms with van der Waals surface area (Å²) >= 11 is 0. The molecule has 9 heteroatoms. The number of hydrogen-bond donors (Lipinski definition) is 1. The van der Waals surface area contributed by atoms with E-state index in [0.29, 0.717) is 25.3 Å². The highest BCUT2D eigenvalue weighted by molar-refractivity contribution is 7.83. The molecule has 0 saturated heterocycles. The molecule has 1 unspecified atom stereocenters. The Bertz CT molecular complexity index is 1400. The molecule has 0 bridgehead atoms. The summed E-state index contributed by atoms with van der Waals surface area (Å²) < 4.78 is 49.3. The fraction of sp³-hybridized carbons (Fsp3) is 0.290. The zero-order chi connectivity index (χ0) is 28.2. The van der Waals surface area contributed by atoms with E-state index in [-0.39, 0.29) is 11.3 Å². The van der Waals surface area contributed by atoms with Crippen molar-refractivity contribution in [1.82, 2.24) is 14.5 Å². The van der Waals surface area contributed by atoms with Crippen LogP contribution in [0.15, 0.2) is 90.1 Å². The number of aryl methyl sites for hydroxylation is 2. The molecule has 0 fully saturated rings. The van der Waals surface area contributed by atoms with Gasteiger partial charge in [0.25, 0.3) is 0 Å². The second-order valence-electron chi connectivity index (χ2n) is 9.51. The monoisotopic (exact) mass is 565 g/mol. The summed E-state index contributed by atoms with van der Waals surface area (Å²) in [7, 11) is -1.99. The van der Waals surface area contributed by atoms with E-state index >= 15 is 0 Å². The van der Waals surface area contributed by atoms with E-state index in [1.165, 1.54) is 11.6 Å². The number of carbonyl (C=O) groups is 1. The number of nitrogens with zero attached hydrogens (tertiary/aromatic N) is 2. The Morgan fingerprint density at radius 2 is 1.70 bits per heavy atom. The number of halogens is 2. The summed E-state index contributed by atoms with van der Waals surface area (Å²) in [4.78, 5) is 12.5. The Labute approximate surface area is 236 Å². The molecule has 4 rings (SSSR count). The van der Waals surface area contributed by atoms with Gasteiger partial charge in [0.1, 0.15) is 5.75 Å².